The summed E-state index contributed by atoms with van der Waals surface area (Å²) in [6.07, 6.45) is 4.81. The van der Waals surface area contributed by atoms with Crippen molar-refractivity contribution in [2.24, 2.45) is 0 Å². The predicted molar refractivity (Wildman–Crippen MR) is 200 cm³/mol. The lowest BCUT2D eigenvalue weighted by atomic mass is 9.75. The van der Waals surface area contributed by atoms with Crippen LogP contribution in [0.15, 0.2) is 152 Å². The van der Waals surface area contributed by atoms with Crippen LogP contribution in [-0.4, -0.2) is 14.5 Å². The molecule has 0 bridgehead atoms. The standard InChI is InChI=1S/C45H30N4/c1-45-36-25-24-32-30-15-6-10-20-38(30)48(43(32)45)39-26-23-29(44-46-37-19-9-5-18-34(37)42(47-44)28-13-3-2-4-14-28)27-35(39)31-16-7-11-21-40(31)49(45)41-22-12-8-17-33(36)41/h2-27,36H,1H3. The number of hydrogen-bond acceptors (Lipinski definition) is 3. The molecule has 2 unspecified atom stereocenters. The Morgan fingerprint density at radius 1 is 0.592 bits per heavy atom. The Balaban J connectivity index is 1.25. The largest absolute Gasteiger partial charge is 0.328 e. The first-order valence-electron chi connectivity index (χ1n) is 17.0. The Labute approximate surface area is 284 Å². The maximum Gasteiger partial charge on any atom is 0.160 e. The summed E-state index contributed by atoms with van der Waals surface area (Å²) >= 11 is 0. The quantitative estimate of drug-likeness (QED) is 0.191. The van der Waals surface area contributed by atoms with E-state index in [-0.39, 0.29) is 11.5 Å². The highest BCUT2D eigenvalue weighted by Gasteiger charge is 2.54. The molecule has 2 aliphatic heterocycles. The molecule has 3 aliphatic rings. The number of hydrogen-bond donors (Lipinski definition) is 0. The summed E-state index contributed by atoms with van der Waals surface area (Å²) in [5.74, 6) is 0.925. The van der Waals surface area contributed by atoms with Crippen LogP contribution in [0.4, 0.5) is 11.4 Å². The van der Waals surface area contributed by atoms with Crippen molar-refractivity contribution in [3.8, 4) is 39.5 Å². The Morgan fingerprint density at radius 3 is 2.22 bits per heavy atom. The van der Waals surface area contributed by atoms with Gasteiger partial charge in [-0.25, -0.2) is 9.97 Å². The summed E-state index contributed by atoms with van der Waals surface area (Å²) in [5, 5.41) is 2.32. The van der Waals surface area contributed by atoms with E-state index in [1.165, 1.54) is 50.3 Å². The van der Waals surface area contributed by atoms with Gasteiger partial charge < -0.3 is 9.47 Å². The normalized spacial score (nSPS) is 18.1. The van der Waals surface area contributed by atoms with Gasteiger partial charge in [-0.3, -0.25) is 0 Å². The molecule has 4 heterocycles. The topological polar surface area (TPSA) is 34.0 Å². The fourth-order valence-electron chi connectivity index (χ4n) is 8.95. The lowest BCUT2D eigenvalue weighted by Crippen LogP contribution is -2.44. The highest BCUT2D eigenvalue weighted by Crippen LogP contribution is 2.63. The predicted octanol–water partition coefficient (Wildman–Crippen LogP) is 11.1. The second-order valence-corrected chi connectivity index (χ2v) is 13.5. The summed E-state index contributed by atoms with van der Waals surface area (Å²) in [6.45, 7) is 2.44. The zero-order valence-electron chi connectivity index (χ0n) is 26.9. The van der Waals surface area contributed by atoms with Crippen LogP contribution in [0.5, 0.6) is 0 Å². The third-order valence-electron chi connectivity index (χ3n) is 11.0. The molecule has 0 spiro atoms. The Bertz CT molecular complexity index is 2700. The summed E-state index contributed by atoms with van der Waals surface area (Å²) in [4.78, 5) is 13.0. The minimum absolute atomic E-state index is 0.204. The minimum atomic E-state index is -0.342. The molecular formula is C45H30N4. The number of benzene rings is 6. The van der Waals surface area contributed by atoms with Gasteiger partial charge in [0.05, 0.1) is 33.6 Å². The SMILES string of the molecule is CC12c3c4c5ccccc5n3-c3ccc(-c5nc(-c6ccccc6)c6ccccc6n5)cc3-c3ccccc3N1c1ccccc1C2C=C4. The van der Waals surface area contributed by atoms with E-state index in [2.05, 4.69) is 168 Å². The third kappa shape index (κ3) is 3.47. The van der Waals surface area contributed by atoms with Crippen molar-refractivity contribution in [2.45, 2.75) is 18.4 Å². The lowest BCUT2D eigenvalue weighted by molar-refractivity contribution is 0.439. The summed E-state index contributed by atoms with van der Waals surface area (Å²) in [7, 11) is 0. The molecule has 0 N–H and O–H groups in total. The zero-order valence-corrected chi connectivity index (χ0v) is 26.9. The molecule has 0 amide bonds. The number of fused-ring (bicyclic) bond motifs is 12. The van der Waals surface area contributed by atoms with Crippen molar-refractivity contribution in [2.75, 3.05) is 4.90 Å². The van der Waals surface area contributed by atoms with Crippen LogP contribution in [0.2, 0.25) is 0 Å². The van der Waals surface area contributed by atoms with E-state index in [0.717, 1.165) is 39.1 Å². The van der Waals surface area contributed by atoms with Crippen molar-refractivity contribution in [3.63, 3.8) is 0 Å². The molecule has 2 aromatic heterocycles. The smallest absolute Gasteiger partial charge is 0.160 e. The van der Waals surface area contributed by atoms with Crippen molar-refractivity contribution < 1.29 is 0 Å². The van der Waals surface area contributed by atoms with Gasteiger partial charge in [-0.05, 0) is 55.0 Å². The van der Waals surface area contributed by atoms with Crippen LogP contribution < -0.4 is 4.90 Å². The molecule has 0 radical (unpaired) electrons. The molecular weight excluding hydrogens is 597 g/mol. The average Bonchev–Trinajstić information content (AvgIpc) is 3.64. The van der Waals surface area contributed by atoms with Crippen molar-refractivity contribution in [1.82, 2.24) is 14.5 Å². The number of anilines is 2. The van der Waals surface area contributed by atoms with E-state index >= 15 is 0 Å². The van der Waals surface area contributed by atoms with Crippen LogP contribution in [0.1, 0.15) is 29.7 Å². The van der Waals surface area contributed by atoms with Gasteiger partial charge in [0.1, 0.15) is 0 Å². The molecule has 1 aliphatic carbocycles. The van der Waals surface area contributed by atoms with Gasteiger partial charge in [-0.1, -0.05) is 115 Å². The molecule has 0 fully saturated rings. The number of aromatic nitrogens is 3. The molecule has 49 heavy (non-hydrogen) atoms. The molecule has 2 atom stereocenters. The van der Waals surface area contributed by atoms with Crippen LogP contribution in [0.25, 0.3) is 67.3 Å². The van der Waals surface area contributed by atoms with Crippen molar-refractivity contribution in [3.05, 3.63) is 168 Å². The van der Waals surface area contributed by atoms with Crippen LogP contribution in [0, 0.1) is 0 Å². The molecule has 11 rings (SSSR count). The molecule has 6 aromatic carbocycles. The number of rotatable bonds is 2. The van der Waals surface area contributed by atoms with Gasteiger partial charge in [-0.15, -0.1) is 0 Å². The second kappa shape index (κ2) is 9.65. The first-order chi connectivity index (χ1) is 24.2. The van der Waals surface area contributed by atoms with Gasteiger partial charge in [0.2, 0.25) is 0 Å². The summed E-state index contributed by atoms with van der Waals surface area (Å²) in [6, 6.07) is 52.3. The minimum Gasteiger partial charge on any atom is -0.328 e. The first-order valence-corrected chi connectivity index (χ1v) is 17.0. The van der Waals surface area contributed by atoms with Crippen LogP contribution in [-0.2, 0) is 5.54 Å². The number of para-hydroxylation sites is 4. The Hall–Kier alpha value is -6.26. The Kier molecular flexibility index (Phi) is 5.27. The van der Waals surface area contributed by atoms with E-state index in [4.69, 9.17) is 9.97 Å². The summed E-state index contributed by atoms with van der Waals surface area (Å²) in [5.41, 5.74) is 14.8. The Morgan fingerprint density at radius 2 is 1.33 bits per heavy atom. The molecule has 0 saturated carbocycles. The fraction of sp³-hybridized carbons (Fsp3) is 0.0667. The monoisotopic (exact) mass is 626 g/mol. The van der Waals surface area contributed by atoms with Gasteiger partial charge in [0.15, 0.2) is 5.82 Å². The third-order valence-corrected chi connectivity index (χ3v) is 11.0. The van der Waals surface area contributed by atoms with E-state index in [0.29, 0.717) is 0 Å². The first kappa shape index (κ1) is 26.8. The lowest BCUT2D eigenvalue weighted by Gasteiger charge is -2.45. The van der Waals surface area contributed by atoms with Crippen LogP contribution >= 0.6 is 0 Å². The second-order valence-electron chi connectivity index (χ2n) is 13.5. The maximum atomic E-state index is 5.26. The van der Waals surface area contributed by atoms with Gasteiger partial charge in [0.25, 0.3) is 0 Å². The number of nitrogens with zero attached hydrogens (tertiary/aromatic N) is 4. The van der Waals surface area contributed by atoms with E-state index in [1.807, 2.05) is 6.07 Å². The molecule has 8 aromatic rings. The van der Waals surface area contributed by atoms with E-state index in [1.54, 1.807) is 0 Å². The fourth-order valence-corrected chi connectivity index (χ4v) is 8.95. The van der Waals surface area contributed by atoms with Crippen molar-refractivity contribution in [1.29, 1.82) is 0 Å². The van der Waals surface area contributed by atoms with Gasteiger partial charge >= 0.3 is 0 Å². The van der Waals surface area contributed by atoms with Crippen LogP contribution in [0.3, 0.4) is 0 Å². The highest BCUT2D eigenvalue weighted by molar-refractivity contribution is 6.01. The van der Waals surface area contributed by atoms with Gasteiger partial charge in [-0.2, -0.15) is 0 Å². The molecule has 230 valence electrons. The zero-order chi connectivity index (χ0) is 32.3. The highest BCUT2D eigenvalue weighted by atomic mass is 15.3. The van der Waals surface area contributed by atoms with Crippen molar-refractivity contribution >= 4 is 39.3 Å². The van der Waals surface area contributed by atoms with E-state index < -0.39 is 0 Å². The maximum absolute atomic E-state index is 5.26. The molecule has 4 nitrogen and oxygen atoms in total. The molecule has 0 saturated heterocycles. The van der Waals surface area contributed by atoms with Gasteiger partial charge in [0, 0.05) is 55.9 Å². The average molecular weight is 627 g/mol. The molecule has 4 heteroatoms. The summed E-state index contributed by atoms with van der Waals surface area (Å²) < 4.78 is 2.55. The van der Waals surface area contributed by atoms with E-state index in [9.17, 15) is 0 Å².